The van der Waals surface area contributed by atoms with Gasteiger partial charge in [-0.1, -0.05) is 19.9 Å². The molecule has 1 atom stereocenters. The molecule has 6 heteroatoms. The minimum Gasteiger partial charge on any atom is -0.490 e. The van der Waals surface area contributed by atoms with Crippen LogP contribution in [-0.2, 0) is 4.79 Å². The molecule has 4 nitrogen and oxygen atoms in total. The molecule has 25 heavy (non-hydrogen) atoms. The Balaban J connectivity index is 0.00000312. The van der Waals surface area contributed by atoms with Crippen LogP contribution in [0.5, 0.6) is 5.75 Å². The van der Waals surface area contributed by atoms with Crippen molar-refractivity contribution in [2.24, 2.45) is 17.1 Å². The van der Waals surface area contributed by atoms with Crippen LogP contribution in [0.15, 0.2) is 18.2 Å². The van der Waals surface area contributed by atoms with Gasteiger partial charge in [-0.3, -0.25) is 4.79 Å². The van der Waals surface area contributed by atoms with Crippen LogP contribution in [0.2, 0.25) is 0 Å². The molecule has 1 amide bonds. The van der Waals surface area contributed by atoms with E-state index in [2.05, 4.69) is 5.32 Å². The van der Waals surface area contributed by atoms with Crippen LogP contribution in [-0.4, -0.2) is 19.1 Å². The van der Waals surface area contributed by atoms with E-state index in [0.717, 1.165) is 5.56 Å². The van der Waals surface area contributed by atoms with Crippen LogP contribution >= 0.6 is 12.4 Å². The molecule has 0 aliphatic heterocycles. The number of carbonyl (C=O) groups is 1. The lowest BCUT2D eigenvalue weighted by Gasteiger charge is -2.30. The Bertz CT molecular complexity index is 566. The minimum atomic E-state index is -0.555. The Morgan fingerprint density at radius 2 is 2.04 bits per heavy atom. The fourth-order valence-corrected chi connectivity index (χ4v) is 2.78. The van der Waals surface area contributed by atoms with Gasteiger partial charge >= 0.3 is 0 Å². The zero-order valence-electron chi connectivity index (χ0n) is 15.3. The number of hydrogen-bond donors (Lipinski definition) is 2. The van der Waals surface area contributed by atoms with E-state index in [1.807, 2.05) is 20.8 Å². The molecule has 142 valence electrons. The third kappa shape index (κ3) is 5.32. The Morgan fingerprint density at radius 1 is 1.40 bits per heavy atom. The standard InChI is InChI=1S/C19H29FN2O2.ClH/c1-4-19(5-2,12-21)18(23)22-13(3)15-8-9-17(16(20)10-15)24-11-14-6-7-14;/h8-10,13-14H,4-7,11-12,21H2,1-3H3,(H,22,23);1H. The molecule has 0 saturated heterocycles. The third-order valence-electron chi connectivity index (χ3n) is 5.20. The first-order chi connectivity index (χ1) is 11.5. The summed E-state index contributed by atoms with van der Waals surface area (Å²) in [4.78, 5) is 12.6. The van der Waals surface area contributed by atoms with Crippen molar-refractivity contribution >= 4 is 18.3 Å². The molecule has 0 aromatic heterocycles. The van der Waals surface area contributed by atoms with E-state index in [1.54, 1.807) is 12.1 Å². The van der Waals surface area contributed by atoms with Gasteiger partial charge in [0.05, 0.1) is 18.1 Å². The fraction of sp³-hybridized carbons (Fsp3) is 0.632. The summed E-state index contributed by atoms with van der Waals surface area (Å²) in [6.07, 6.45) is 3.70. The Hall–Kier alpha value is -1.33. The molecular weight excluding hydrogens is 343 g/mol. The molecular formula is C19H30ClFN2O2. The first kappa shape index (κ1) is 21.7. The topological polar surface area (TPSA) is 64.4 Å². The van der Waals surface area contributed by atoms with E-state index in [4.69, 9.17) is 10.5 Å². The third-order valence-corrected chi connectivity index (χ3v) is 5.20. The minimum absolute atomic E-state index is 0. The second kappa shape index (κ2) is 9.39. The lowest BCUT2D eigenvalue weighted by molar-refractivity contribution is -0.131. The highest BCUT2D eigenvalue weighted by Gasteiger charge is 2.34. The maximum absolute atomic E-state index is 14.2. The molecule has 0 spiro atoms. The van der Waals surface area contributed by atoms with Crippen molar-refractivity contribution < 1.29 is 13.9 Å². The number of rotatable bonds is 9. The summed E-state index contributed by atoms with van der Waals surface area (Å²) in [5.41, 5.74) is 5.98. The Labute approximate surface area is 156 Å². The lowest BCUT2D eigenvalue weighted by atomic mass is 9.81. The highest BCUT2D eigenvalue weighted by atomic mass is 35.5. The average Bonchev–Trinajstić information content (AvgIpc) is 3.40. The molecule has 1 aromatic carbocycles. The number of benzene rings is 1. The molecule has 0 heterocycles. The maximum atomic E-state index is 14.2. The predicted molar refractivity (Wildman–Crippen MR) is 100 cm³/mol. The molecule has 1 unspecified atom stereocenters. The summed E-state index contributed by atoms with van der Waals surface area (Å²) < 4.78 is 19.7. The molecule has 1 aromatic rings. The van der Waals surface area contributed by atoms with Crippen LogP contribution < -0.4 is 15.8 Å². The number of ether oxygens (including phenoxy) is 1. The van der Waals surface area contributed by atoms with Gasteiger partial charge in [0.2, 0.25) is 5.91 Å². The smallest absolute Gasteiger partial charge is 0.227 e. The van der Waals surface area contributed by atoms with Gasteiger partial charge in [-0.25, -0.2) is 4.39 Å². The normalized spacial score (nSPS) is 15.2. The highest BCUT2D eigenvalue weighted by Crippen LogP contribution is 2.31. The quantitative estimate of drug-likeness (QED) is 0.689. The van der Waals surface area contributed by atoms with Crippen molar-refractivity contribution in [2.75, 3.05) is 13.2 Å². The van der Waals surface area contributed by atoms with Gasteiger partial charge in [0.1, 0.15) is 0 Å². The van der Waals surface area contributed by atoms with Crippen molar-refractivity contribution in [1.82, 2.24) is 5.32 Å². The van der Waals surface area contributed by atoms with Crippen molar-refractivity contribution in [3.8, 4) is 5.75 Å². The predicted octanol–water partition coefficient (Wildman–Crippen LogP) is 3.98. The van der Waals surface area contributed by atoms with Crippen LogP contribution in [0, 0.1) is 17.2 Å². The van der Waals surface area contributed by atoms with Crippen LogP contribution in [0.4, 0.5) is 4.39 Å². The van der Waals surface area contributed by atoms with Crippen molar-refractivity contribution in [3.05, 3.63) is 29.6 Å². The maximum Gasteiger partial charge on any atom is 0.227 e. The van der Waals surface area contributed by atoms with E-state index < -0.39 is 5.41 Å². The summed E-state index contributed by atoms with van der Waals surface area (Å²) >= 11 is 0. The molecule has 1 saturated carbocycles. The molecule has 1 aliphatic rings. The summed E-state index contributed by atoms with van der Waals surface area (Å²) in [5.74, 6) is 0.402. The number of amides is 1. The Kier molecular flexibility index (Phi) is 8.16. The van der Waals surface area contributed by atoms with Crippen LogP contribution in [0.1, 0.15) is 58.1 Å². The zero-order valence-corrected chi connectivity index (χ0v) is 16.1. The van der Waals surface area contributed by atoms with Crippen molar-refractivity contribution in [3.63, 3.8) is 0 Å². The molecule has 0 bridgehead atoms. The SMILES string of the molecule is CCC(CC)(CN)C(=O)NC(C)c1ccc(OCC2CC2)c(F)c1.Cl. The van der Waals surface area contributed by atoms with E-state index in [1.165, 1.54) is 18.9 Å². The van der Waals surface area contributed by atoms with Gasteiger partial charge in [0, 0.05) is 6.54 Å². The second-order valence-corrected chi connectivity index (χ2v) is 6.83. The average molecular weight is 373 g/mol. The van der Waals surface area contributed by atoms with Gasteiger partial charge < -0.3 is 15.8 Å². The number of hydrogen-bond acceptors (Lipinski definition) is 3. The monoisotopic (exact) mass is 372 g/mol. The first-order valence-corrected chi connectivity index (χ1v) is 8.89. The highest BCUT2D eigenvalue weighted by molar-refractivity contribution is 5.85. The van der Waals surface area contributed by atoms with Crippen molar-refractivity contribution in [1.29, 1.82) is 0 Å². The summed E-state index contributed by atoms with van der Waals surface area (Å²) in [7, 11) is 0. The molecule has 2 rings (SSSR count). The van der Waals surface area contributed by atoms with Gasteiger partial charge in [-0.2, -0.15) is 0 Å². The Morgan fingerprint density at radius 3 is 2.52 bits per heavy atom. The molecule has 1 fully saturated rings. The van der Waals surface area contributed by atoms with E-state index in [0.29, 0.717) is 31.9 Å². The van der Waals surface area contributed by atoms with E-state index in [9.17, 15) is 9.18 Å². The fourth-order valence-electron chi connectivity index (χ4n) is 2.78. The molecule has 0 radical (unpaired) electrons. The van der Waals surface area contributed by atoms with E-state index >= 15 is 0 Å². The summed E-state index contributed by atoms with van der Waals surface area (Å²) in [5, 5.41) is 2.97. The lowest BCUT2D eigenvalue weighted by Crippen LogP contribution is -2.46. The van der Waals surface area contributed by atoms with Gasteiger partial charge in [0.15, 0.2) is 11.6 Å². The van der Waals surface area contributed by atoms with Gasteiger partial charge in [-0.15, -0.1) is 12.4 Å². The zero-order chi connectivity index (χ0) is 17.7. The summed E-state index contributed by atoms with van der Waals surface area (Å²) in [6.45, 7) is 6.66. The van der Waals surface area contributed by atoms with Crippen molar-refractivity contribution in [2.45, 2.75) is 52.5 Å². The molecule has 1 aliphatic carbocycles. The number of nitrogens with two attached hydrogens (primary N) is 1. The van der Waals surface area contributed by atoms with Crippen LogP contribution in [0.3, 0.4) is 0 Å². The molecule has 3 N–H and O–H groups in total. The van der Waals surface area contributed by atoms with Gasteiger partial charge in [0.25, 0.3) is 0 Å². The number of carbonyl (C=O) groups excluding carboxylic acids is 1. The largest absolute Gasteiger partial charge is 0.490 e. The van der Waals surface area contributed by atoms with Crippen LogP contribution in [0.25, 0.3) is 0 Å². The summed E-state index contributed by atoms with van der Waals surface area (Å²) in [6, 6.07) is 4.60. The van der Waals surface area contributed by atoms with Gasteiger partial charge in [-0.05, 0) is 56.2 Å². The second-order valence-electron chi connectivity index (χ2n) is 6.83. The first-order valence-electron chi connectivity index (χ1n) is 8.89. The number of halogens is 2. The van der Waals surface area contributed by atoms with E-state index in [-0.39, 0.29) is 35.9 Å². The number of nitrogens with one attached hydrogen (secondary N) is 1.